The van der Waals surface area contributed by atoms with Gasteiger partial charge in [-0.25, -0.2) is 0 Å². The molecule has 1 aliphatic heterocycles. The van der Waals surface area contributed by atoms with E-state index >= 15 is 0 Å². The van der Waals surface area contributed by atoms with Gasteiger partial charge in [-0.15, -0.1) is 0 Å². The molecule has 0 saturated carbocycles. The number of amidine groups is 1. The van der Waals surface area contributed by atoms with Crippen LogP contribution in [-0.4, -0.2) is 59.7 Å². The van der Waals surface area contributed by atoms with Gasteiger partial charge in [0.15, 0.2) is 0 Å². The molecule has 0 aromatic heterocycles. The van der Waals surface area contributed by atoms with E-state index in [-0.39, 0.29) is 5.32 Å². The lowest BCUT2D eigenvalue weighted by Crippen LogP contribution is -2.75. The molecule has 0 atom stereocenters. The van der Waals surface area contributed by atoms with Crippen molar-refractivity contribution in [3.8, 4) is 0 Å². The van der Waals surface area contributed by atoms with Gasteiger partial charge in [-0.2, -0.15) is 52.7 Å². The van der Waals surface area contributed by atoms with Crippen LogP contribution in [0.1, 0.15) is 13.8 Å². The second-order valence-electron chi connectivity index (χ2n) is 5.12. The predicted molar refractivity (Wildman–Crippen MR) is 63.2 cm³/mol. The van der Waals surface area contributed by atoms with E-state index in [0.717, 1.165) is 6.92 Å². The molecule has 1 fully saturated rings. The first-order valence-corrected chi connectivity index (χ1v) is 6.74. The van der Waals surface area contributed by atoms with Gasteiger partial charge in [-0.05, 0) is 13.8 Å². The lowest BCUT2D eigenvalue weighted by Gasteiger charge is -2.41. The Balaban J connectivity index is 4.08. The van der Waals surface area contributed by atoms with E-state index in [1.54, 1.807) is 0 Å². The van der Waals surface area contributed by atoms with E-state index in [1.165, 1.54) is 0 Å². The number of hydrogen-bond donors (Lipinski definition) is 1. The molecule has 0 bridgehead atoms. The molecule has 26 heavy (non-hydrogen) atoms. The number of likely N-dealkylation sites (N-methyl/N-ethyl adjacent to an activating group) is 1. The molecule has 0 aliphatic carbocycles. The van der Waals surface area contributed by atoms with Crippen LogP contribution in [-0.2, 0) is 0 Å². The Morgan fingerprint density at radius 1 is 0.769 bits per heavy atom. The lowest BCUT2D eigenvalue weighted by atomic mass is 9.96. The summed E-state index contributed by atoms with van der Waals surface area (Å²) < 4.78 is 159. The first kappa shape index (κ1) is 22.6. The highest BCUT2D eigenvalue weighted by atomic mass is 19.4. The molecule has 0 unspecified atom stereocenters. The Labute approximate surface area is 138 Å². The van der Waals surface area contributed by atoms with Gasteiger partial charge in [0.1, 0.15) is 5.84 Å². The van der Waals surface area contributed by atoms with Gasteiger partial charge in [0.2, 0.25) is 0 Å². The van der Waals surface area contributed by atoms with Crippen LogP contribution in [0, 0.1) is 0 Å². The summed E-state index contributed by atoms with van der Waals surface area (Å²) >= 11 is 0. The zero-order chi connectivity index (χ0) is 21.0. The zero-order valence-corrected chi connectivity index (χ0v) is 12.8. The molecular weight excluding hydrogens is 402 g/mol. The molecule has 1 aliphatic rings. The molecular formula is C11H11F12N3. The maximum atomic E-state index is 13.3. The van der Waals surface area contributed by atoms with Gasteiger partial charge in [-0.3, -0.25) is 10.3 Å². The molecule has 1 N–H and O–H groups in total. The van der Waals surface area contributed by atoms with Gasteiger partial charge < -0.3 is 4.90 Å². The number of rotatable bonds is 2. The summed E-state index contributed by atoms with van der Waals surface area (Å²) in [5, 5.41) is -0.191. The van der Waals surface area contributed by atoms with Gasteiger partial charge >= 0.3 is 24.7 Å². The second-order valence-corrected chi connectivity index (χ2v) is 5.12. The van der Waals surface area contributed by atoms with Crippen molar-refractivity contribution in [1.29, 1.82) is 0 Å². The van der Waals surface area contributed by atoms with Crippen molar-refractivity contribution in [3.63, 3.8) is 0 Å². The molecule has 0 aromatic rings. The summed E-state index contributed by atoms with van der Waals surface area (Å²) in [5.74, 6) is -2.45. The van der Waals surface area contributed by atoms with Crippen molar-refractivity contribution >= 4 is 5.84 Å². The van der Waals surface area contributed by atoms with Crippen LogP contribution >= 0.6 is 0 Å². The SMILES string of the molecule is CCN=C1N(CC)C(C(F)(F)F)(C(F)(F)F)NC1(C(F)(F)F)C(F)(F)F. The zero-order valence-electron chi connectivity index (χ0n) is 12.8. The van der Waals surface area contributed by atoms with Crippen molar-refractivity contribution in [2.24, 2.45) is 4.99 Å². The van der Waals surface area contributed by atoms with Crippen LogP contribution in [0.2, 0.25) is 0 Å². The average Bonchev–Trinajstić information content (AvgIpc) is 2.69. The normalized spacial score (nSPS) is 23.0. The standard InChI is InChI=1S/C11H11F12N3/c1-3-24-5-6(8(12,13)14,9(15,16)17)25-7(10(18,19)20,11(21,22)23)26(5)4-2/h25H,3-4H2,1-2H3. The first-order valence-electron chi connectivity index (χ1n) is 6.74. The minimum Gasteiger partial charge on any atom is -0.325 e. The van der Waals surface area contributed by atoms with E-state index in [1.807, 2.05) is 0 Å². The highest BCUT2D eigenvalue weighted by molar-refractivity contribution is 5.97. The highest BCUT2D eigenvalue weighted by Crippen LogP contribution is 2.57. The average molecular weight is 413 g/mol. The quantitative estimate of drug-likeness (QED) is 0.693. The number of nitrogens with one attached hydrogen (secondary N) is 1. The maximum Gasteiger partial charge on any atom is 0.434 e. The summed E-state index contributed by atoms with van der Waals surface area (Å²) in [6.07, 6.45) is -26.4. The minimum atomic E-state index is -6.61. The van der Waals surface area contributed by atoms with E-state index in [2.05, 4.69) is 4.99 Å². The smallest absolute Gasteiger partial charge is 0.325 e. The fourth-order valence-corrected chi connectivity index (χ4v) is 2.66. The third-order valence-electron chi connectivity index (χ3n) is 3.66. The number of aliphatic imine (C=N–C) groups is 1. The van der Waals surface area contributed by atoms with Crippen molar-refractivity contribution in [3.05, 3.63) is 0 Å². The monoisotopic (exact) mass is 413 g/mol. The van der Waals surface area contributed by atoms with Gasteiger partial charge in [0.25, 0.3) is 11.2 Å². The number of hydrogen-bond acceptors (Lipinski definition) is 2. The summed E-state index contributed by atoms with van der Waals surface area (Å²) in [7, 11) is 0. The molecule has 0 amide bonds. The van der Waals surface area contributed by atoms with Crippen LogP contribution in [0.5, 0.6) is 0 Å². The van der Waals surface area contributed by atoms with Gasteiger partial charge in [-0.1, -0.05) is 0 Å². The summed E-state index contributed by atoms with van der Waals surface area (Å²) in [6.45, 7) is -1.01. The third-order valence-corrected chi connectivity index (χ3v) is 3.66. The minimum absolute atomic E-state index is 0.191. The van der Waals surface area contributed by atoms with Crippen LogP contribution in [0.25, 0.3) is 0 Å². The van der Waals surface area contributed by atoms with Crippen molar-refractivity contribution < 1.29 is 52.7 Å². The Hall–Kier alpha value is -1.41. The van der Waals surface area contributed by atoms with Crippen LogP contribution < -0.4 is 5.32 Å². The lowest BCUT2D eigenvalue weighted by molar-refractivity contribution is -0.351. The Kier molecular flexibility index (Phi) is 5.27. The highest BCUT2D eigenvalue weighted by Gasteiger charge is 2.89. The molecule has 1 heterocycles. The van der Waals surface area contributed by atoms with Crippen molar-refractivity contribution in [2.75, 3.05) is 13.1 Å². The van der Waals surface area contributed by atoms with Gasteiger partial charge in [0, 0.05) is 13.1 Å². The molecule has 3 nitrogen and oxygen atoms in total. The van der Waals surface area contributed by atoms with E-state index in [9.17, 15) is 52.7 Å². The van der Waals surface area contributed by atoms with Crippen molar-refractivity contribution in [2.45, 2.75) is 49.8 Å². The van der Waals surface area contributed by atoms with Crippen LogP contribution in [0.3, 0.4) is 0 Å². The molecule has 1 saturated heterocycles. The second kappa shape index (κ2) is 6.05. The number of alkyl halides is 12. The summed E-state index contributed by atoms with van der Waals surface area (Å²) in [5.41, 5.74) is -11.3. The van der Waals surface area contributed by atoms with Gasteiger partial charge in [0.05, 0.1) is 0 Å². The molecule has 1 rings (SSSR count). The third kappa shape index (κ3) is 2.78. The Bertz CT molecular complexity index is 525. The molecule has 15 heteroatoms. The molecule has 154 valence electrons. The largest absolute Gasteiger partial charge is 0.434 e. The van der Waals surface area contributed by atoms with E-state index in [4.69, 9.17) is 0 Å². The van der Waals surface area contributed by atoms with E-state index in [0.29, 0.717) is 6.92 Å². The maximum absolute atomic E-state index is 13.3. The predicted octanol–water partition coefficient (Wildman–Crippen LogP) is 4.01. The number of halogens is 12. The summed E-state index contributed by atoms with van der Waals surface area (Å²) in [4.78, 5) is 1.64. The van der Waals surface area contributed by atoms with Crippen LogP contribution in [0.4, 0.5) is 52.7 Å². The fraction of sp³-hybridized carbons (Fsp3) is 0.909. The fourth-order valence-electron chi connectivity index (χ4n) is 2.66. The molecule has 0 radical (unpaired) electrons. The Morgan fingerprint density at radius 3 is 1.38 bits per heavy atom. The molecule has 0 spiro atoms. The summed E-state index contributed by atoms with van der Waals surface area (Å²) in [6, 6.07) is 0. The number of nitrogens with zero attached hydrogens (tertiary/aromatic N) is 2. The topological polar surface area (TPSA) is 27.6 Å². The molecule has 0 aromatic carbocycles. The van der Waals surface area contributed by atoms with Crippen LogP contribution in [0.15, 0.2) is 4.99 Å². The first-order chi connectivity index (χ1) is 11.3. The van der Waals surface area contributed by atoms with Crippen molar-refractivity contribution in [1.82, 2.24) is 10.2 Å². The Morgan fingerprint density at radius 2 is 1.15 bits per heavy atom. The van der Waals surface area contributed by atoms with E-state index < -0.39 is 59.7 Å².